The number of hydrogen-bond acceptors (Lipinski definition) is 4. The molecule has 0 bridgehead atoms. The van der Waals surface area contributed by atoms with E-state index in [-0.39, 0.29) is 78.4 Å². The molecular weight excluding hydrogens is 255 g/mol. The summed E-state index contributed by atoms with van der Waals surface area (Å²) >= 11 is 0. The normalized spacial score (nSPS) is 8.43. The molecule has 0 amide bonds. The van der Waals surface area contributed by atoms with Crippen LogP contribution in [0.4, 0.5) is 0 Å². The van der Waals surface area contributed by atoms with Crippen molar-refractivity contribution in [1.29, 1.82) is 0 Å². The molecule has 0 saturated heterocycles. The van der Waals surface area contributed by atoms with Crippen LogP contribution >= 0.6 is 7.82 Å². The van der Waals surface area contributed by atoms with E-state index in [1.165, 1.54) is 0 Å². The van der Waals surface area contributed by atoms with Crippen LogP contribution in [0.15, 0.2) is 0 Å². The summed E-state index contributed by atoms with van der Waals surface area (Å²) < 4.78 is 8.55. The van der Waals surface area contributed by atoms with E-state index in [1.807, 2.05) is 0 Å². The minimum absolute atomic E-state index is 0. The molecule has 7 heteroatoms. The smallest absolute Gasteiger partial charge is 0.822 e. The summed E-state index contributed by atoms with van der Waals surface area (Å²) in [5, 5.41) is 0. The molecule has 4 nitrogen and oxygen atoms in total. The van der Waals surface area contributed by atoms with Crippen molar-refractivity contribution in [3.8, 4) is 0 Å². The van der Waals surface area contributed by atoms with Crippen LogP contribution in [0.1, 0.15) is 0 Å². The number of hydrogen-bond donors (Lipinski definition) is 0. The Hall–Kier alpha value is 2.68. The van der Waals surface area contributed by atoms with Gasteiger partial charge in [-0.2, -0.15) is 7.82 Å². The van der Waals surface area contributed by atoms with E-state index in [1.54, 1.807) is 0 Å². The average Bonchev–Trinajstić information content (AvgIpc) is 0.722. The van der Waals surface area contributed by atoms with Crippen LogP contribution in [0.3, 0.4) is 0 Å². The first-order valence-corrected chi connectivity index (χ1v) is 2.19. The van der Waals surface area contributed by atoms with Crippen LogP contribution < -0.4 is 44.2 Å². The summed E-state index contributed by atoms with van der Waals surface area (Å²) in [4.78, 5) is 25.6. The van der Waals surface area contributed by atoms with E-state index in [2.05, 4.69) is 0 Å². The molecule has 0 radical (unpaired) electrons. The average molecular weight is 255 g/mol. The van der Waals surface area contributed by atoms with Gasteiger partial charge in [-0.3, -0.25) is 0 Å². The van der Waals surface area contributed by atoms with Crippen LogP contribution in [0, 0.1) is 0 Å². The van der Waals surface area contributed by atoms with Crippen LogP contribution in [-0.2, 0) is 4.57 Å². The standard InChI is InChI=1S/Ba.Na.H3O4P/c;;1-5(2,3)4/h;;(H3,1,2,3,4)/q+2;+1;/p-3. The zero-order chi connectivity index (χ0) is 4.50. The minimum atomic E-state index is -5.39. The van der Waals surface area contributed by atoms with Crippen LogP contribution in [0.25, 0.3) is 0 Å². The second-order valence-corrected chi connectivity index (χ2v) is 1.34. The fourth-order valence-corrected chi connectivity index (χ4v) is 0. The number of phosphoric acid groups is 1. The largest absolute Gasteiger partial charge is 2.00 e. The maximum absolute atomic E-state index is 8.55. The van der Waals surface area contributed by atoms with Crippen molar-refractivity contribution in [2.45, 2.75) is 0 Å². The third-order valence-electron chi connectivity index (χ3n) is 0. The molecule has 32 valence electrons. The fraction of sp³-hybridized carbons (Fsp3) is 0. The Kier molecular flexibility index (Phi) is 15.9. The maximum atomic E-state index is 8.55. The third kappa shape index (κ3) is 53.9. The first-order valence-electron chi connectivity index (χ1n) is 0.730. The molecule has 0 spiro atoms. The van der Waals surface area contributed by atoms with Crippen molar-refractivity contribution < 1.29 is 48.8 Å². The molecule has 0 atom stereocenters. The summed E-state index contributed by atoms with van der Waals surface area (Å²) in [6.07, 6.45) is 0. The summed E-state index contributed by atoms with van der Waals surface area (Å²) in [6, 6.07) is 0. The molecule has 0 rings (SSSR count). The molecule has 0 N–H and O–H groups in total. The van der Waals surface area contributed by atoms with Gasteiger partial charge < -0.3 is 19.2 Å². The molecule has 0 fully saturated rings. The Labute approximate surface area is 103 Å². The molecule has 0 aliphatic heterocycles. The molecule has 0 aliphatic rings. The zero-order valence-corrected chi connectivity index (χ0v) is 11.1. The van der Waals surface area contributed by atoms with E-state index >= 15 is 0 Å². The molecule has 0 aromatic rings. The third-order valence-corrected chi connectivity index (χ3v) is 0. The molecule has 0 heterocycles. The predicted molar refractivity (Wildman–Crippen MR) is 13.4 cm³/mol. The second-order valence-electron chi connectivity index (χ2n) is 0.447. The first-order chi connectivity index (χ1) is 2.00. The van der Waals surface area contributed by atoms with Crippen molar-refractivity contribution in [3.05, 3.63) is 0 Å². The van der Waals surface area contributed by atoms with Crippen molar-refractivity contribution in [2.75, 3.05) is 0 Å². The fourth-order valence-electron chi connectivity index (χ4n) is 0. The van der Waals surface area contributed by atoms with Gasteiger partial charge in [0.25, 0.3) is 0 Å². The van der Waals surface area contributed by atoms with E-state index in [0.717, 1.165) is 0 Å². The van der Waals surface area contributed by atoms with Gasteiger partial charge >= 0.3 is 78.4 Å². The van der Waals surface area contributed by atoms with E-state index in [0.29, 0.717) is 0 Å². The summed E-state index contributed by atoms with van der Waals surface area (Å²) in [6.45, 7) is 0. The van der Waals surface area contributed by atoms with Gasteiger partial charge in [-0.1, -0.05) is 0 Å². The van der Waals surface area contributed by atoms with Gasteiger partial charge in [0.15, 0.2) is 0 Å². The Morgan fingerprint density at radius 2 is 1.14 bits per heavy atom. The molecule has 0 aromatic heterocycles. The SMILES string of the molecule is O=P([O-])([O-])[O-].[Ba+2].[Na+]. The van der Waals surface area contributed by atoms with Gasteiger partial charge in [0.1, 0.15) is 0 Å². The van der Waals surface area contributed by atoms with Crippen molar-refractivity contribution >= 4 is 56.7 Å². The van der Waals surface area contributed by atoms with E-state index in [9.17, 15) is 0 Å². The molecule has 7 heavy (non-hydrogen) atoms. The zero-order valence-electron chi connectivity index (χ0n) is 3.79. The summed E-state index contributed by atoms with van der Waals surface area (Å²) in [5.41, 5.74) is 0. The maximum Gasteiger partial charge on any atom is 2.00 e. The van der Waals surface area contributed by atoms with Crippen LogP contribution in [-0.4, -0.2) is 48.9 Å². The summed E-state index contributed by atoms with van der Waals surface area (Å²) in [7, 11) is -5.39. The first kappa shape index (κ1) is 16.3. The Morgan fingerprint density at radius 1 is 1.14 bits per heavy atom. The predicted octanol–water partition coefficient (Wildman–Crippen LogP) is -6.20. The van der Waals surface area contributed by atoms with Gasteiger partial charge in [-0.25, -0.2) is 0 Å². The molecule has 0 saturated carbocycles. The quantitative estimate of drug-likeness (QED) is 0.318. The molecular formula is BaNaO4P. The van der Waals surface area contributed by atoms with Crippen molar-refractivity contribution in [1.82, 2.24) is 0 Å². The molecule has 0 aromatic carbocycles. The Morgan fingerprint density at radius 3 is 1.14 bits per heavy atom. The Bertz CT molecular complexity index is 57.8. The number of rotatable bonds is 0. The van der Waals surface area contributed by atoms with Crippen molar-refractivity contribution in [3.63, 3.8) is 0 Å². The summed E-state index contributed by atoms with van der Waals surface area (Å²) in [5.74, 6) is 0. The van der Waals surface area contributed by atoms with Crippen LogP contribution in [0.5, 0.6) is 0 Å². The van der Waals surface area contributed by atoms with Crippen LogP contribution in [0.2, 0.25) is 0 Å². The van der Waals surface area contributed by atoms with Gasteiger partial charge in [0.2, 0.25) is 0 Å². The van der Waals surface area contributed by atoms with Gasteiger partial charge in [-0.05, 0) is 0 Å². The molecule has 0 aliphatic carbocycles. The Balaban J connectivity index is -0.0000000800. The van der Waals surface area contributed by atoms with E-state index in [4.69, 9.17) is 19.2 Å². The minimum Gasteiger partial charge on any atom is -0.822 e. The van der Waals surface area contributed by atoms with Crippen molar-refractivity contribution in [2.24, 2.45) is 0 Å². The monoisotopic (exact) mass is 256 g/mol. The van der Waals surface area contributed by atoms with Gasteiger partial charge in [0, 0.05) is 0 Å². The van der Waals surface area contributed by atoms with E-state index < -0.39 is 7.82 Å². The van der Waals surface area contributed by atoms with Gasteiger partial charge in [-0.15, -0.1) is 0 Å². The van der Waals surface area contributed by atoms with Gasteiger partial charge in [0.05, 0.1) is 0 Å². The topological polar surface area (TPSA) is 86.2 Å². The second kappa shape index (κ2) is 6.80. The molecule has 0 unspecified atom stereocenters.